The lowest BCUT2D eigenvalue weighted by atomic mass is 9.99. The van der Waals surface area contributed by atoms with Crippen molar-refractivity contribution in [3.8, 4) is 0 Å². The van der Waals surface area contributed by atoms with Gasteiger partial charge in [-0.2, -0.15) is 4.98 Å². The van der Waals surface area contributed by atoms with Crippen LogP contribution in [0.2, 0.25) is 0 Å². The summed E-state index contributed by atoms with van der Waals surface area (Å²) in [5, 5.41) is 31.3. The van der Waals surface area contributed by atoms with Crippen LogP contribution in [0, 0.1) is 0 Å². The molecular weight excluding hydrogens is 618 g/mol. The number of hydrogen-bond donors (Lipinski definition) is 7. The molecule has 22 heteroatoms. The molecule has 2 aliphatic rings. The number of aromatic amines is 1. The van der Waals surface area contributed by atoms with Gasteiger partial charge in [0.15, 0.2) is 41.3 Å². The van der Waals surface area contributed by atoms with Gasteiger partial charge in [-0.1, -0.05) is 0 Å². The van der Waals surface area contributed by atoms with Gasteiger partial charge < -0.3 is 45.7 Å². The van der Waals surface area contributed by atoms with E-state index >= 15 is 4.39 Å². The third-order valence-electron chi connectivity index (χ3n) is 7.23. The molecule has 9 N–H and O–H groups in total. The maximum absolute atomic E-state index is 15.4. The molecule has 0 aromatic carbocycles. The van der Waals surface area contributed by atoms with E-state index < -0.39 is 74.1 Å². The van der Waals surface area contributed by atoms with Crippen LogP contribution >= 0.6 is 6.72 Å². The van der Waals surface area contributed by atoms with Crippen LogP contribution in [0.1, 0.15) is 19.4 Å². The number of rotatable bonds is 8. The molecule has 2 unspecified atom stereocenters. The summed E-state index contributed by atoms with van der Waals surface area (Å²) in [5.41, 5.74) is 9.42. The number of nitrogen functional groups attached to an aromatic ring is 2. The molecule has 0 bridgehead atoms. The van der Waals surface area contributed by atoms with Crippen molar-refractivity contribution in [1.29, 1.82) is 0 Å². The van der Waals surface area contributed by atoms with Crippen LogP contribution in [0.3, 0.4) is 0 Å². The van der Waals surface area contributed by atoms with Crippen LogP contribution in [0.15, 0.2) is 23.8 Å². The number of aromatic nitrogens is 8. The van der Waals surface area contributed by atoms with Crippen LogP contribution in [-0.4, -0.2) is 109 Å². The molecule has 2 fully saturated rings. The minimum Gasteiger partial charge on any atom is -0.394 e. The van der Waals surface area contributed by atoms with Gasteiger partial charge >= 0.3 is 6.72 Å². The molecule has 0 amide bonds. The molecule has 0 spiro atoms. The number of nitrogens with one attached hydrogen (secondary N) is 1. The number of halogens is 1. The fraction of sp³-hybridized carbons (Fsp3) is 0.524. The number of ether oxygens (including phenoxy) is 2. The largest absolute Gasteiger partial charge is 0.394 e. The Kier molecular flexibility index (Phi) is 7.44. The van der Waals surface area contributed by atoms with E-state index in [1.165, 1.54) is 24.1 Å². The lowest BCUT2D eigenvalue weighted by Crippen LogP contribution is -2.44. The number of aliphatic hydroxyl groups excluding tert-OH is 3. The Labute approximate surface area is 244 Å². The summed E-state index contributed by atoms with van der Waals surface area (Å²) in [7, 11) is 0. The third kappa shape index (κ3) is 5.06. The quantitative estimate of drug-likeness (QED) is 0.102. The van der Waals surface area contributed by atoms with Crippen LogP contribution in [-0.2, 0) is 30.3 Å². The van der Waals surface area contributed by atoms with Crippen molar-refractivity contribution >= 4 is 52.6 Å². The molecule has 4 aromatic heterocycles. The van der Waals surface area contributed by atoms with Gasteiger partial charge in [-0.3, -0.25) is 23.4 Å². The minimum atomic E-state index is -4.35. The van der Waals surface area contributed by atoms with E-state index in [9.17, 15) is 25.0 Å². The molecule has 2 aliphatic heterocycles. The van der Waals surface area contributed by atoms with E-state index in [4.69, 9.17) is 41.8 Å². The van der Waals surface area contributed by atoms with E-state index in [0.717, 1.165) is 10.9 Å². The first-order valence-electron chi connectivity index (χ1n) is 12.6. The maximum atomic E-state index is 15.4. The zero-order chi connectivity index (χ0) is 30.8. The Morgan fingerprint density at radius 1 is 1.16 bits per heavy atom. The van der Waals surface area contributed by atoms with Gasteiger partial charge in [-0.15, -0.1) is 0 Å². The Hall–Kier alpha value is -3.24. The second-order valence-corrected chi connectivity index (χ2v) is 12.9. The van der Waals surface area contributed by atoms with Gasteiger partial charge in [0.05, 0.1) is 25.9 Å². The van der Waals surface area contributed by atoms with E-state index in [1.807, 2.05) is 0 Å². The van der Waals surface area contributed by atoms with Gasteiger partial charge in [0, 0.05) is 0 Å². The van der Waals surface area contributed by atoms with Gasteiger partial charge in [0.1, 0.15) is 41.9 Å². The Balaban J connectivity index is 1.21. The molecule has 2 saturated heterocycles. The van der Waals surface area contributed by atoms with Gasteiger partial charge in [-0.05, 0) is 18.7 Å². The summed E-state index contributed by atoms with van der Waals surface area (Å²) < 4.78 is 40.5. The third-order valence-corrected chi connectivity index (χ3v) is 8.77. The molecular formula is C21H26FN10O9PS. The number of aliphatic hydroxyl groups is 3. The highest BCUT2D eigenvalue weighted by molar-refractivity contribution is 8.07. The Morgan fingerprint density at radius 3 is 2.58 bits per heavy atom. The number of nitrogens with zero attached hydrogens (tertiary/aromatic N) is 7. The predicted octanol–water partition coefficient (Wildman–Crippen LogP) is -2.02. The molecule has 19 nitrogen and oxygen atoms in total. The van der Waals surface area contributed by atoms with Crippen molar-refractivity contribution < 1.29 is 43.1 Å². The summed E-state index contributed by atoms with van der Waals surface area (Å²) in [5.74, 6) is -0.149. The lowest BCUT2D eigenvalue weighted by Gasteiger charge is -2.30. The van der Waals surface area contributed by atoms with E-state index in [0.29, 0.717) is 0 Å². The topological polar surface area (TPSA) is 277 Å². The summed E-state index contributed by atoms with van der Waals surface area (Å²) in [6.07, 6.45) is -7.16. The van der Waals surface area contributed by atoms with Crippen molar-refractivity contribution in [3.63, 3.8) is 0 Å². The summed E-state index contributed by atoms with van der Waals surface area (Å²) in [4.78, 5) is 45.5. The number of imidazole rings is 2. The first-order chi connectivity index (χ1) is 20.3. The number of fused-ring (bicyclic) bond motifs is 2. The first kappa shape index (κ1) is 29.8. The molecule has 6 heterocycles. The van der Waals surface area contributed by atoms with Crippen molar-refractivity contribution in [1.82, 2.24) is 39.0 Å². The lowest BCUT2D eigenvalue weighted by molar-refractivity contribution is -0.114. The molecule has 9 atom stereocenters. The van der Waals surface area contributed by atoms with Gasteiger partial charge in [-0.25, -0.2) is 24.3 Å². The van der Waals surface area contributed by atoms with Crippen LogP contribution in [0.4, 0.5) is 16.2 Å². The molecule has 6 rings (SSSR count). The monoisotopic (exact) mass is 644 g/mol. The molecule has 0 aliphatic carbocycles. The molecule has 232 valence electrons. The average molecular weight is 645 g/mol. The van der Waals surface area contributed by atoms with Crippen LogP contribution < -0.4 is 17.0 Å². The van der Waals surface area contributed by atoms with Crippen molar-refractivity contribution in [2.24, 2.45) is 0 Å². The highest BCUT2D eigenvalue weighted by atomic mass is 32.5. The second-order valence-electron chi connectivity index (χ2n) is 10.1. The SMILES string of the molecule is C[C@]1(COP(O)(=S)O[C@@H]2[C@H](F)C(CO)O[C@H]2n2cnc3c(=O)[nH]c(N)nc32)O[C@@H](n2cnc3c(N)ncnc32)[C@H](O)[C@@H]1O. The standard InChI is InChI=1S/C21H26FN10O9PS/c1-21(13(35)11(34)18(40-21)31-5-27-9-14(23)25-4-26-15(9)31)3-38-42(37,43)41-12-8(22)7(2-33)39-19(12)32-6-28-10-16(32)29-20(24)30-17(10)36/h4-8,11-13,18-19,33-35H,2-3H2,1H3,(H,37,43)(H2,23,25,26)(H3,24,29,30,36)/t7?,8-,11-,12-,13+,18-,19-,21-,42?/m1/s1. The van der Waals surface area contributed by atoms with Crippen LogP contribution in [0.5, 0.6) is 0 Å². The number of anilines is 2. The smallest absolute Gasteiger partial charge is 0.325 e. The van der Waals surface area contributed by atoms with Crippen molar-refractivity contribution in [2.75, 3.05) is 24.7 Å². The fourth-order valence-electron chi connectivity index (χ4n) is 5.03. The summed E-state index contributed by atoms with van der Waals surface area (Å²) >= 11 is 5.14. The van der Waals surface area contributed by atoms with Crippen LogP contribution in [0.25, 0.3) is 22.3 Å². The molecule has 0 saturated carbocycles. The number of alkyl halides is 1. The van der Waals surface area contributed by atoms with Gasteiger partial charge in [0.25, 0.3) is 5.56 Å². The molecule has 43 heavy (non-hydrogen) atoms. The normalized spacial score (nSPS) is 32.6. The van der Waals surface area contributed by atoms with E-state index in [-0.39, 0.29) is 34.1 Å². The van der Waals surface area contributed by atoms with Crippen molar-refractivity contribution in [2.45, 2.75) is 55.6 Å². The predicted molar refractivity (Wildman–Crippen MR) is 146 cm³/mol. The zero-order valence-corrected chi connectivity index (χ0v) is 23.7. The summed E-state index contributed by atoms with van der Waals surface area (Å²) in [6.45, 7) is -4.32. The van der Waals surface area contributed by atoms with E-state index in [1.54, 1.807) is 0 Å². The first-order valence-corrected chi connectivity index (χ1v) is 15.2. The Bertz CT molecular complexity index is 1790. The highest BCUT2D eigenvalue weighted by Gasteiger charge is 2.54. The number of nitrogens with two attached hydrogens (primary N) is 2. The zero-order valence-electron chi connectivity index (χ0n) is 22.0. The fourth-order valence-corrected chi connectivity index (χ4v) is 6.50. The highest BCUT2D eigenvalue weighted by Crippen LogP contribution is 2.52. The number of H-pyrrole nitrogens is 1. The Morgan fingerprint density at radius 2 is 1.86 bits per heavy atom. The van der Waals surface area contributed by atoms with Gasteiger partial charge in [0.2, 0.25) is 5.95 Å². The summed E-state index contributed by atoms with van der Waals surface area (Å²) in [6, 6.07) is 0. The molecule has 4 aromatic rings. The maximum Gasteiger partial charge on any atom is 0.325 e. The second kappa shape index (κ2) is 10.7. The molecule has 0 radical (unpaired) electrons. The average Bonchev–Trinajstić information content (AvgIpc) is 3.70. The van der Waals surface area contributed by atoms with Crippen molar-refractivity contribution in [3.05, 3.63) is 29.3 Å². The van der Waals surface area contributed by atoms with E-state index in [2.05, 4.69) is 29.9 Å². The minimum absolute atomic E-state index is 0.0770. The number of hydrogen-bond acceptors (Lipinski definition) is 16.